The van der Waals surface area contributed by atoms with E-state index in [0.717, 1.165) is 18.2 Å². The van der Waals surface area contributed by atoms with E-state index in [1.165, 1.54) is 32.1 Å². The Hall–Kier alpha value is -1.84. The number of anilines is 1. The summed E-state index contributed by atoms with van der Waals surface area (Å²) >= 11 is 0. The summed E-state index contributed by atoms with van der Waals surface area (Å²) in [5.41, 5.74) is 1.04. The first-order valence-corrected chi connectivity index (χ1v) is 7.10. The van der Waals surface area contributed by atoms with Crippen LogP contribution in [0.3, 0.4) is 0 Å². The summed E-state index contributed by atoms with van der Waals surface area (Å²) in [5.74, 6) is 0.970. The molecule has 0 aliphatic heterocycles. The van der Waals surface area contributed by atoms with Gasteiger partial charge in [-0.2, -0.15) is 0 Å². The summed E-state index contributed by atoms with van der Waals surface area (Å²) in [4.78, 5) is 8.75. The second kappa shape index (κ2) is 5.87. The van der Waals surface area contributed by atoms with Crippen LogP contribution >= 0.6 is 0 Å². The first kappa shape index (κ1) is 12.2. The van der Waals surface area contributed by atoms with Gasteiger partial charge in [-0.1, -0.05) is 25.3 Å². The molecule has 19 heavy (non-hydrogen) atoms. The Morgan fingerprint density at radius 1 is 1.11 bits per heavy atom. The Bertz CT molecular complexity index is 500. The van der Waals surface area contributed by atoms with Gasteiger partial charge in [-0.05, 0) is 25.0 Å². The van der Waals surface area contributed by atoms with Gasteiger partial charge in [0.05, 0.1) is 12.2 Å². The smallest absolute Gasteiger partial charge is 0.203 e. The van der Waals surface area contributed by atoms with Gasteiger partial charge in [-0.3, -0.25) is 4.98 Å². The largest absolute Gasteiger partial charge is 0.350 e. The fourth-order valence-electron chi connectivity index (χ4n) is 2.78. The van der Waals surface area contributed by atoms with E-state index in [1.54, 1.807) is 0 Å². The van der Waals surface area contributed by atoms with Crippen molar-refractivity contribution in [2.24, 2.45) is 0 Å². The molecule has 0 saturated heterocycles. The van der Waals surface area contributed by atoms with Gasteiger partial charge >= 0.3 is 0 Å². The van der Waals surface area contributed by atoms with E-state index < -0.39 is 0 Å². The molecule has 2 aromatic rings. The summed E-state index contributed by atoms with van der Waals surface area (Å²) in [6, 6.07) is 6.59. The lowest BCUT2D eigenvalue weighted by molar-refractivity contribution is 0.356. The molecule has 2 heterocycles. The van der Waals surface area contributed by atoms with E-state index in [-0.39, 0.29) is 0 Å². The molecular formula is C15H20N4. The fourth-order valence-corrected chi connectivity index (χ4v) is 2.78. The molecule has 0 spiro atoms. The first-order chi connectivity index (χ1) is 9.43. The minimum Gasteiger partial charge on any atom is -0.350 e. The van der Waals surface area contributed by atoms with Crippen LogP contribution in [0.5, 0.6) is 0 Å². The number of aromatic nitrogens is 3. The van der Waals surface area contributed by atoms with Crippen molar-refractivity contribution in [2.45, 2.75) is 44.7 Å². The molecule has 3 rings (SSSR count). The Morgan fingerprint density at radius 2 is 2.00 bits per heavy atom. The van der Waals surface area contributed by atoms with Gasteiger partial charge in [0.2, 0.25) is 5.95 Å². The summed E-state index contributed by atoms with van der Waals surface area (Å²) in [6.45, 7) is 0.727. The van der Waals surface area contributed by atoms with Gasteiger partial charge in [0, 0.05) is 24.6 Å². The van der Waals surface area contributed by atoms with Gasteiger partial charge in [-0.15, -0.1) is 0 Å². The highest BCUT2D eigenvalue weighted by molar-refractivity contribution is 5.28. The van der Waals surface area contributed by atoms with Crippen molar-refractivity contribution in [3.05, 3.63) is 42.5 Å². The van der Waals surface area contributed by atoms with Crippen molar-refractivity contribution in [3.8, 4) is 0 Å². The lowest BCUT2D eigenvalue weighted by atomic mass is 9.95. The van der Waals surface area contributed by atoms with Crippen molar-refractivity contribution in [2.75, 3.05) is 5.32 Å². The predicted octanol–water partition coefficient (Wildman–Crippen LogP) is 3.40. The average Bonchev–Trinajstić information content (AvgIpc) is 2.95. The van der Waals surface area contributed by atoms with Crippen LogP contribution in [0.2, 0.25) is 0 Å². The third-order valence-electron chi connectivity index (χ3n) is 3.79. The van der Waals surface area contributed by atoms with E-state index in [1.807, 2.05) is 30.6 Å². The SMILES string of the molecule is c1ccc(CNc2nccn2C2CCCCC2)nc1. The van der Waals surface area contributed by atoms with E-state index >= 15 is 0 Å². The van der Waals surface area contributed by atoms with Gasteiger partial charge in [0.25, 0.3) is 0 Å². The van der Waals surface area contributed by atoms with E-state index in [4.69, 9.17) is 0 Å². The van der Waals surface area contributed by atoms with Crippen molar-refractivity contribution in [1.82, 2.24) is 14.5 Å². The molecule has 1 saturated carbocycles. The number of imidazole rings is 1. The molecule has 1 N–H and O–H groups in total. The Labute approximate surface area is 113 Å². The second-order valence-electron chi connectivity index (χ2n) is 5.12. The van der Waals surface area contributed by atoms with Crippen LogP contribution in [-0.2, 0) is 6.54 Å². The molecule has 0 amide bonds. The minimum absolute atomic E-state index is 0.613. The van der Waals surface area contributed by atoms with Gasteiger partial charge < -0.3 is 9.88 Å². The quantitative estimate of drug-likeness (QED) is 0.911. The van der Waals surface area contributed by atoms with Gasteiger partial charge in [-0.25, -0.2) is 4.98 Å². The predicted molar refractivity (Wildman–Crippen MR) is 75.9 cm³/mol. The summed E-state index contributed by atoms with van der Waals surface area (Å²) in [6.07, 6.45) is 12.4. The molecule has 0 bridgehead atoms. The molecule has 4 heteroatoms. The van der Waals surface area contributed by atoms with Crippen molar-refractivity contribution in [3.63, 3.8) is 0 Å². The fraction of sp³-hybridized carbons (Fsp3) is 0.467. The maximum Gasteiger partial charge on any atom is 0.203 e. The molecule has 1 aliphatic carbocycles. The summed E-state index contributed by atoms with van der Waals surface area (Å²) in [7, 11) is 0. The monoisotopic (exact) mass is 256 g/mol. The third kappa shape index (κ3) is 2.95. The number of hydrogen-bond acceptors (Lipinski definition) is 3. The molecular weight excluding hydrogens is 236 g/mol. The summed E-state index contributed by atoms with van der Waals surface area (Å²) < 4.78 is 2.29. The second-order valence-corrected chi connectivity index (χ2v) is 5.12. The maximum absolute atomic E-state index is 4.43. The highest BCUT2D eigenvalue weighted by Crippen LogP contribution is 2.30. The van der Waals surface area contributed by atoms with Gasteiger partial charge in [0.15, 0.2) is 0 Å². The number of nitrogens with one attached hydrogen (secondary N) is 1. The lowest BCUT2D eigenvalue weighted by Crippen LogP contribution is -2.15. The zero-order chi connectivity index (χ0) is 12.9. The Kier molecular flexibility index (Phi) is 3.77. The topological polar surface area (TPSA) is 42.7 Å². The molecule has 0 aromatic carbocycles. The van der Waals surface area contributed by atoms with Crippen LogP contribution in [0.1, 0.15) is 43.8 Å². The number of pyridine rings is 1. The molecule has 0 atom stereocenters. The number of hydrogen-bond donors (Lipinski definition) is 1. The standard InChI is InChI=1S/C15H20N4/c1-2-7-14(8-3-1)19-11-10-17-15(19)18-12-13-6-4-5-9-16-13/h4-6,9-11,14H,1-3,7-8,12H2,(H,17,18). The Balaban J connectivity index is 1.66. The van der Waals surface area contributed by atoms with E-state index in [2.05, 4.69) is 26.0 Å². The average molecular weight is 256 g/mol. The first-order valence-electron chi connectivity index (χ1n) is 7.10. The summed E-state index contributed by atoms with van der Waals surface area (Å²) in [5, 5.41) is 3.40. The Morgan fingerprint density at radius 3 is 2.79 bits per heavy atom. The van der Waals surface area contributed by atoms with Crippen molar-refractivity contribution >= 4 is 5.95 Å². The van der Waals surface area contributed by atoms with Crippen molar-refractivity contribution in [1.29, 1.82) is 0 Å². The molecule has 0 unspecified atom stereocenters. The number of rotatable bonds is 4. The lowest BCUT2D eigenvalue weighted by Gasteiger charge is -2.24. The molecule has 2 aromatic heterocycles. The zero-order valence-electron chi connectivity index (χ0n) is 11.1. The minimum atomic E-state index is 0.613. The van der Waals surface area contributed by atoms with Crippen LogP contribution in [0.4, 0.5) is 5.95 Å². The highest BCUT2D eigenvalue weighted by Gasteiger charge is 2.17. The van der Waals surface area contributed by atoms with Crippen LogP contribution in [0.15, 0.2) is 36.8 Å². The third-order valence-corrected chi connectivity index (χ3v) is 3.79. The van der Waals surface area contributed by atoms with Crippen LogP contribution < -0.4 is 5.32 Å². The molecule has 4 nitrogen and oxygen atoms in total. The van der Waals surface area contributed by atoms with Crippen LogP contribution in [0.25, 0.3) is 0 Å². The zero-order valence-corrected chi connectivity index (χ0v) is 11.1. The van der Waals surface area contributed by atoms with E-state index in [0.29, 0.717) is 6.04 Å². The van der Waals surface area contributed by atoms with E-state index in [9.17, 15) is 0 Å². The number of nitrogens with zero attached hydrogens (tertiary/aromatic N) is 3. The molecule has 100 valence electrons. The molecule has 1 aliphatic rings. The normalized spacial score (nSPS) is 16.4. The molecule has 0 radical (unpaired) electrons. The molecule has 1 fully saturated rings. The van der Waals surface area contributed by atoms with Crippen LogP contribution in [-0.4, -0.2) is 14.5 Å². The maximum atomic E-state index is 4.43. The van der Waals surface area contributed by atoms with Gasteiger partial charge in [0.1, 0.15) is 0 Å². The highest BCUT2D eigenvalue weighted by atomic mass is 15.2. The van der Waals surface area contributed by atoms with Crippen LogP contribution in [0, 0.1) is 0 Å². The van der Waals surface area contributed by atoms with Crippen molar-refractivity contribution < 1.29 is 0 Å².